The fourth-order valence-corrected chi connectivity index (χ4v) is 2.74. The van der Waals surface area contributed by atoms with Crippen molar-refractivity contribution >= 4 is 40.8 Å². The molecule has 0 aliphatic heterocycles. The quantitative estimate of drug-likeness (QED) is 0.444. The van der Waals surface area contributed by atoms with Crippen molar-refractivity contribution in [1.29, 1.82) is 0 Å². The number of para-hydroxylation sites is 1. The number of halogens is 1. The molecule has 7 nitrogen and oxygen atoms in total. The van der Waals surface area contributed by atoms with E-state index in [0.29, 0.717) is 27.9 Å². The first-order valence-corrected chi connectivity index (χ1v) is 10.2. The van der Waals surface area contributed by atoms with E-state index >= 15 is 0 Å². The van der Waals surface area contributed by atoms with E-state index in [1.54, 1.807) is 48.5 Å². The Hall–Kier alpha value is -3.84. The second-order valence-electron chi connectivity index (χ2n) is 6.70. The third kappa shape index (κ3) is 7.77. The van der Waals surface area contributed by atoms with E-state index in [4.69, 9.17) is 21.1 Å². The van der Waals surface area contributed by atoms with E-state index in [0.717, 1.165) is 0 Å². The van der Waals surface area contributed by atoms with Crippen LogP contribution in [0.1, 0.15) is 12.8 Å². The molecule has 3 aromatic carbocycles. The zero-order valence-corrected chi connectivity index (χ0v) is 17.8. The van der Waals surface area contributed by atoms with Crippen molar-refractivity contribution in [3.05, 3.63) is 83.9 Å². The molecule has 3 rings (SSSR count). The van der Waals surface area contributed by atoms with Crippen LogP contribution >= 0.6 is 11.6 Å². The van der Waals surface area contributed by atoms with E-state index in [9.17, 15) is 14.4 Å². The summed E-state index contributed by atoms with van der Waals surface area (Å²) in [6.45, 7) is -0.445. The monoisotopic (exact) mass is 452 g/mol. The largest absolute Gasteiger partial charge is 0.457 e. The minimum Gasteiger partial charge on any atom is -0.457 e. The standard InChI is InChI=1S/C24H21ClN2O5/c25-17-6-8-18(9-7-17)26-22(28)14-15-24(30)31-16-23(29)27-19-10-12-21(13-11-19)32-20-4-2-1-3-5-20/h1-13H,14-16H2,(H,26,28)(H,27,29). The molecule has 0 unspecified atom stereocenters. The number of hydrogen-bond donors (Lipinski definition) is 2. The number of benzene rings is 3. The molecule has 8 heteroatoms. The van der Waals surface area contributed by atoms with Gasteiger partial charge in [0.15, 0.2) is 6.61 Å². The normalized spacial score (nSPS) is 10.2. The highest BCUT2D eigenvalue weighted by atomic mass is 35.5. The summed E-state index contributed by atoms with van der Waals surface area (Å²) in [7, 11) is 0. The Balaban J connectivity index is 1.35. The van der Waals surface area contributed by atoms with Crippen molar-refractivity contribution in [2.24, 2.45) is 0 Å². The van der Waals surface area contributed by atoms with Crippen molar-refractivity contribution in [3.8, 4) is 11.5 Å². The van der Waals surface area contributed by atoms with Crippen LogP contribution < -0.4 is 15.4 Å². The lowest BCUT2D eigenvalue weighted by Gasteiger charge is -2.09. The first kappa shape index (κ1) is 22.8. The minimum absolute atomic E-state index is 0.0635. The zero-order chi connectivity index (χ0) is 22.8. The zero-order valence-electron chi connectivity index (χ0n) is 17.0. The second kappa shape index (κ2) is 11.5. The van der Waals surface area contributed by atoms with Crippen molar-refractivity contribution in [2.75, 3.05) is 17.2 Å². The number of nitrogens with one attached hydrogen (secondary N) is 2. The number of anilines is 2. The highest BCUT2D eigenvalue weighted by Crippen LogP contribution is 2.22. The minimum atomic E-state index is -0.641. The van der Waals surface area contributed by atoms with Gasteiger partial charge in [0.25, 0.3) is 5.91 Å². The second-order valence-corrected chi connectivity index (χ2v) is 7.14. The summed E-state index contributed by atoms with van der Waals surface area (Å²) in [5, 5.41) is 5.83. The smallest absolute Gasteiger partial charge is 0.306 e. The average Bonchev–Trinajstić information content (AvgIpc) is 2.80. The Morgan fingerprint density at radius 2 is 1.25 bits per heavy atom. The molecule has 32 heavy (non-hydrogen) atoms. The van der Waals surface area contributed by atoms with Gasteiger partial charge in [-0.15, -0.1) is 0 Å². The molecule has 0 aliphatic rings. The van der Waals surface area contributed by atoms with Gasteiger partial charge in [0.2, 0.25) is 5.91 Å². The molecule has 0 fully saturated rings. The van der Waals surface area contributed by atoms with E-state index < -0.39 is 18.5 Å². The molecular weight excluding hydrogens is 432 g/mol. The predicted octanol–water partition coefficient (Wildman–Crippen LogP) is 5.03. The van der Waals surface area contributed by atoms with Crippen LogP contribution in [0.3, 0.4) is 0 Å². The Kier molecular flexibility index (Phi) is 8.22. The molecule has 0 aliphatic carbocycles. The van der Waals surface area contributed by atoms with Gasteiger partial charge in [-0.2, -0.15) is 0 Å². The summed E-state index contributed by atoms with van der Waals surface area (Å²) in [5.41, 5.74) is 1.11. The van der Waals surface area contributed by atoms with E-state index in [1.807, 2.05) is 30.3 Å². The summed E-state index contributed by atoms with van der Waals surface area (Å²) in [6.07, 6.45) is -0.204. The summed E-state index contributed by atoms with van der Waals surface area (Å²) in [5.74, 6) is -0.138. The van der Waals surface area contributed by atoms with Crippen LogP contribution in [0, 0.1) is 0 Å². The van der Waals surface area contributed by atoms with Gasteiger partial charge in [0, 0.05) is 22.8 Å². The van der Waals surface area contributed by atoms with Gasteiger partial charge in [-0.1, -0.05) is 29.8 Å². The summed E-state index contributed by atoms with van der Waals surface area (Å²) >= 11 is 5.79. The van der Waals surface area contributed by atoms with Crippen LogP contribution in [-0.2, 0) is 19.1 Å². The Labute approximate surface area is 190 Å². The van der Waals surface area contributed by atoms with Crippen LogP contribution in [-0.4, -0.2) is 24.4 Å². The molecule has 2 amide bonds. The molecule has 0 radical (unpaired) electrons. The lowest BCUT2D eigenvalue weighted by atomic mass is 10.2. The number of rotatable bonds is 9. The molecule has 0 aromatic heterocycles. The van der Waals surface area contributed by atoms with Crippen LogP contribution in [0.25, 0.3) is 0 Å². The Morgan fingerprint density at radius 1 is 0.688 bits per heavy atom. The summed E-state index contributed by atoms with van der Waals surface area (Å²) in [6, 6.07) is 22.7. The van der Waals surface area contributed by atoms with E-state index in [1.165, 1.54) is 0 Å². The van der Waals surface area contributed by atoms with Gasteiger partial charge < -0.3 is 20.1 Å². The number of carbonyl (C=O) groups is 3. The molecule has 0 bridgehead atoms. The Bertz CT molecular complexity index is 1050. The van der Waals surface area contributed by atoms with Gasteiger partial charge in [0.05, 0.1) is 6.42 Å². The number of ether oxygens (including phenoxy) is 2. The van der Waals surface area contributed by atoms with Gasteiger partial charge >= 0.3 is 5.97 Å². The van der Waals surface area contributed by atoms with Gasteiger partial charge in [0.1, 0.15) is 11.5 Å². The molecule has 0 atom stereocenters. The molecule has 0 saturated heterocycles. The van der Waals surface area contributed by atoms with Gasteiger partial charge in [-0.25, -0.2) is 0 Å². The van der Waals surface area contributed by atoms with Gasteiger partial charge in [-0.05, 0) is 60.7 Å². The van der Waals surface area contributed by atoms with Crippen LogP contribution in [0.2, 0.25) is 5.02 Å². The molecule has 0 saturated carbocycles. The number of hydrogen-bond acceptors (Lipinski definition) is 5. The van der Waals surface area contributed by atoms with Crippen LogP contribution in [0.4, 0.5) is 11.4 Å². The third-order valence-electron chi connectivity index (χ3n) is 4.17. The number of amides is 2. The molecule has 0 spiro atoms. The van der Waals surface area contributed by atoms with Crippen molar-refractivity contribution in [2.45, 2.75) is 12.8 Å². The molecule has 0 heterocycles. The first-order valence-electron chi connectivity index (χ1n) is 9.82. The van der Waals surface area contributed by atoms with Crippen molar-refractivity contribution in [3.63, 3.8) is 0 Å². The van der Waals surface area contributed by atoms with Gasteiger partial charge in [-0.3, -0.25) is 14.4 Å². The maximum absolute atomic E-state index is 12.0. The van der Waals surface area contributed by atoms with E-state index in [-0.39, 0.29) is 18.7 Å². The maximum atomic E-state index is 12.0. The van der Waals surface area contributed by atoms with Crippen LogP contribution in [0.5, 0.6) is 11.5 Å². The highest BCUT2D eigenvalue weighted by Gasteiger charge is 2.11. The molecule has 164 valence electrons. The lowest BCUT2D eigenvalue weighted by molar-refractivity contribution is -0.147. The number of carbonyl (C=O) groups excluding carboxylic acids is 3. The van der Waals surface area contributed by atoms with Crippen molar-refractivity contribution < 1.29 is 23.9 Å². The van der Waals surface area contributed by atoms with Crippen LogP contribution in [0.15, 0.2) is 78.9 Å². The van der Waals surface area contributed by atoms with Crippen molar-refractivity contribution in [1.82, 2.24) is 0 Å². The molecule has 2 N–H and O–H groups in total. The summed E-state index contributed by atoms with van der Waals surface area (Å²) in [4.78, 5) is 35.7. The average molecular weight is 453 g/mol. The number of esters is 1. The summed E-state index contributed by atoms with van der Waals surface area (Å²) < 4.78 is 10.6. The molecule has 3 aromatic rings. The lowest BCUT2D eigenvalue weighted by Crippen LogP contribution is -2.21. The maximum Gasteiger partial charge on any atom is 0.306 e. The fourth-order valence-electron chi connectivity index (χ4n) is 2.62. The highest BCUT2D eigenvalue weighted by molar-refractivity contribution is 6.30. The fraction of sp³-hybridized carbons (Fsp3) is 0.125. The van der Waals surface area contributed by atoms with E-state index in [2.05, 4.69) is 10.6 Å². The first-order chi connectivity index (χ1) is 15.5. The third-order valence-corrected chi connectivity index (χ3v) is 4.42. The topological polar surface area (TPSA) is 93.7 Å². The predicted molar refractivity (Wildman–Crippen MR) is 122 cm³/mol. The molecular formula is C24H21ClN2O5. The SMILES string of the molecule is O=C(CCC(=O)OCC(=O)Nc1ccc(Oc2ccccc2)cc1)Nc1ccc(Cl)cc1. The Morgan fingerprint density at radius 3 is 1.91 bits per heavy atom.